The lowest BCUT2D eigenvalue weighted by atomic mass is 9.79. The number of aromatic amines is 1. The average Bonchev–Trinajstić information content (AvgIpc) is 3.04. The summed E-state index contributed by atoms with van der Waals surface area (Å²) in [7, 11) is 0. The molecule has 0 aliphatic carbocycles. The summed E-state index contributed by atoms with van der Waals surface area (Å²) in [6, 6.07) is 12.4. The first-order chi connectivity index (χ1) is 13.3. The van der Waals surface area contributed by atoms with Crippen LogP contribution in [0, 0.1) is 13.8 Å². The lowest BCUT2D eigenvalue weighted by Gasteiger charge is -2.46. The zero-order valence-electron chi connectivity index (χ0n) is 17.2. The number of imidazole rings is 1. The Hall–Kier alpha value is -2.27. The summed E-state index contributed by atoms with van der Waals surface area (Å²) in [5.41, 5.74) is 6.59. The van der Waals surface area contributed by atoms with Crippen LogP contribution in [-0.4, -0.2) is 27.2 Å². The van der Waals surface area contributed by atoms with Gasteiger partial charge < -0.3 is 9.88 Å². The third kappa shape index (κ3) is 3.32. The first-order valence-electron chi connectivity index (χ1n) is 9.78. The number of amides is 1. The molecule has 5 heteroatoms. The zero-order valence-corrected chi connectivity index (χ0v) is 18.0. The van der Waals surface area contributed by atoms with Crippen molar-refractivity contribution >= 4 is 34.4 Å². The normalized spacial score (nSPS) is 18.3. The van der Waals surface area contributed by atoms with Crippen molar-refractivity contribution < 1.29 is 4.79 Å². The minimum absolute atomic E-state index is 0.131. The second-order valence-corrected chi connectivity index (χ2v) is 9.45. The number of hydrogen-bond acceptors (Lipinski definition) is 3. The van der Waals surface area contributed by atoms with Crippen LogP contribution in [0.3, 0.4) is 0 Å². The molecule has 1 aromatic heterocycles. The molecular formula is C23H27N3OS. The SMILES string of the molecule is Cc1cc2c(cc1C)N(C(=O)CSc1nc3ccccc3[nH]1)C(C)(C)C[C@H]2C. The first-order valence-corrected chi connectivity index (χ1v) is 10.8. The van der Waals surface area contributed by atoms with Crippen LogP contribution in [0.1, 0.15) is 49.8 Å². The minimum atomic E-state index is -0.209. The average molecular weight is 394 g/mol. The standard InChI is InChI=1S/C23H27N3OS/c1-14-10-17-16(3)12-23(4,5)26(20(17)11-15(14)2)21(27)13-28-22-24-18-8-6-7-9-19(18)25-22/h6-11,16H,12-13H2,1-5H3,(H,24,25)/t16-/m1/s1. The van der Waals surface area contributed by atoms with Crippen molar-refractivity contribution in [2.45, 2.75) is 57.7 Å². The molecule has 0 fully saturated rings. The molecule has 1 aliphatic rings. The number of carbonyl (C=O) groups excluding carboxylic acids is 1. The molecule has 28 heavy (non-hydrogen) atoms. The number of thioether (sulfide) groups is 1. The largest absolute Gasteiger partial charge is 0.333 e. The molecule has 2 aromatic carbocycles. The maximum Gasteiger partial charge on any atom is 0.237 e. The Kier molecular flexibility index (Phi) is 4.74. The van der Waals surface area contributed by atoms with E-state index in [0.717, 1.165) is 28.3 Å². The summed E-state index contributed by atoms with van der Waals surface area (Å²) >= 11 is 1.47. The molecule has 1 atom stereocenters. The Labute approximate surface area is 170 Å². The van der Waals surface area contributed by atoms with Gasteiger partial charge in [0.1, 0.15) is 0 Å². The van der Waals surface area contributed by atoms with E-state index in [1.165, 1.54) is 28.5 Å². The van der Waals surface area contributed by atoms with Gasteiger partial charge in [-0.1, -0.05) is 36.9 Å². The summed E-state index contributed by atoms with van der Waals surface area (Å²) in [5.74, 6) is 0.938. The van der Waals surface area contributed by atoms with E-state index in [9.17, 15) is 4.79 Å². The van der Waals surface area contributed by atoms with E-state index in [0.29, 0.717) is 11.7 Å². The fraction of sp³-hybridized carbons (Fsp3) is 0.391. The molecule has 1 N–H and O–H groups in total. The zero-order chi connectivity index (χ0) is 20.1. The van der Waals surface area contributed by atoms with Gasteiger partial charge in [0.25, 0.3) is 0 Å². The number of hydrogen-bond donors (Lipinski definition) is 1. The van der Waals surface area contributed by atoms with E-state index in [4.69, 9.17) is 0 Å². The van der Waals surface area contributed by atoms with E-state index in [-0.39, 0.29) is 11.4 Å². The number of fused-ring (bicyclic) bond motifs is 2. The molecule has 4 nitrogen and oxygen atoms in total. The fourth-order valence-electron chi connectivity index (χ4n) is 4.35. The summed E-state index contributed by atoms with van der Waals surface area (Å²) in [4.78, 5) is 23.2. The van der Waals surface area contributed by atoms with Crippen LogP contribution in [0.25, 0.3) is 11.0 Å². The Balaban J connectivity index is 1.62. The van der Waals surface area contributed by atoms with Gasteiger partial charge in [0.15, 0.2) is 5.16 Å². The van der Waals surface area contributed by atoms with Crippen LogP contribution in [0.2, 0.25) is 0 Å². The van der Waals surface area contributed by atoms with Crippen molar-refractivity contribution in [3.63, 3.8) is 0 Å². The molecule has 0 spiro atoms. The number of para-hydroxylation sites is 2. The van der Waals surface area contributed by atoms with Crippen LogP contribution < -0.4 is 4.90 Å². The molecule has 1 amide bonds. The minimum Gasteiger partial charge on any atom is -0.333 e. The maximum absolute atomic E-state index is 13.3. The molecular weight excluding hydrogens is 366 g/mol. The topological polar surface area (TPSA) is 49.0 Å². The van der Waals surface area contributed by atoms with Crippen molar-refractivity contribution in [1.29, 1.82) is 0 Å². The van der Waals surface area contributed by atoms with Gasteiger partial charge in [0.05, 0.1) is 16.8 Å². The molecule has 1 aliphatic heterocycles. The van der Waals surface area contributed by atoms with Crippen molar-refractivity contribution in [2.75, 3.05) is 10.7 Å². The number of benzene rings is 2. The monoisotopic (exact) mass is 393 g/mol. The van der Waals surface area contributed by atoms with Gasteiger partial charge in [0.2, 0.25) is 5.91 Å². The summed E-state index contributed by atoms with van der Waals surface area (Å²) in [6.45, 7) is 10.9. The lowest BCUT2D eigenvalue weighted by molar-refractivity contribution is -0.117. The van der Waals surface area contributed by atoms with Crippen LogP contribution in [-0.2, 0) is 4.79 Å². The van der Waals surface area contributed by atoms with Crippen LogP contribution in [0.4, 0.5) is 5.69 Å². The van der Waals surface area contributed by atoms with Crippen molar-refractivity contribution in [2.24, 2.45) is 0 Å². The van der Waals surface area contributed by atoms with Crippen molar-refractivity contribution in [3.8, 4) is 0 Å². The van der Waals surface area contributed by atoms with Crippen molar-refractivity contribution in [3.05, 3.63) is 53.1 Å². The van der Waals surface area contributed by atoms with E-state index in [1.807, 2.05) is 29.2 Å². The highest BCUT2D eigenvalue weighted by Gasteiger charge is 2.40. The predicted molar refractivity (Wildman–Crippen MR) is 117 cm³/mol. The molecule has 0 bridgehead atoms. The third-order valence-corrected chi connectivity index (χ3v) is 6.63. The molecule has 0 saturated carbocycles. The van der Waals surface area contributed by atoms with E-state index < -0.39 is 0 Å². The maximum atomic E-state index is 13.3. The smallest absolute Gasteiger partial charge is 0.237 e. The lowest BCUT2D eigenvalue weighted by Crippen LogP contribution is -2.52. The van der Waals surface area contributed by atoms with Gasteiger partial charge in [0, 0.05) is 11.2 Å². The van der Waals surface area contributed by atoms with Gasteiger partial charge >= 0.3 is 0 Å². The number of rotatable bonds is 3. The first kappa shape index (κ1) is 19.1. The highest BCUT2D eigenvalue weighted by Crippen LogP contribution is 2.44. The number of carbonyl (C=O) groups is 1. The second kappa shape index (κ2) is 6.96. The number of nitrogens with zero attached hydrogens (tertiary/aromatic N) is 2. The number of anilines is 1. The number of aromatic nitrogens is 2. The number of H-pyrrole nitrogens is 1. The molecule has 4 rings (SSSR count). The van der Waals surface area contributed by atoms with Gasteiger partial charge in [-0.3, -0.25) is 4.79 Å². The van der Waals surface area contributed by atoms with Crippen molar-refractivity contribution in [1.82, 2.24) is 9.97 Å². The Bertz CT molecular complexity index is 1020. The summed E-state index contributed by atoms with van der Waals surface area (Å²) in [5, 5.41) is 0.790. The highest BCUT2D eigenvalue weighted by molar-refractivity contribution is 7.99. The van der Waals surface area contributed by atoms with Crippen LogP contribution >= 0.6 is 11.8 Å². The molecule has 2 heterocycles. The summed E-state index contributed by atoms with van der Waals surface area (Å²) in [6.07, 6.45) is 0.962. The molecule has 146 valence electrons. The fourth-order valence-corrected chi connectivity index (χ4v) is 5.09. The number of nitrogens with one attached hydrogen (secondary N) is 1. The van der Waals surface area contributed by atoms with Gasteiger partial charge in [-0.2, -0.15) is 0 Å². The van der Waals surface area contributed by atoms with Crippen LogP contribution in [0.15, 0.2) is 41.6 Å². The molecule has 3 aromatic rings. The van der Waals surface area contributed by atoms with E-state index >= 15 is 0 Å². The van der Waals surface area contributed by atoms with E-state index in [1.54, 1.807) is 0 Å². The second-order valence-electron chi connectivity index (χ2n) is 8.49. The molecule has 0 unspecified atom stereocenters. The van der Waals surface area contributed by atoms with Gasteiger partial charge in [-0.05, 0) is 74.9 Å². The molecule has 0 saturated heterocycles. The third-order valence-electron chi connectivity index (χ3n) is 5.78. The van der Waals surface area contributed by atoms with E-state index in [2.05, 4.69) is 56.7 Å². The quantitative estimate of drug-likeness (QED) is 0.590. The van der Waals surface area contributed by atoms with Crippen LogP contribution in [0.5, 0.6) is 0 Å². The number of aryl methyl sites for hydroxylation is 2. The summed E-state index contributed by atoms with van der Waals surface area (Å²) < 4.78 is 0. The Morgan fingerprint density at radius 2 is 1.96 bits per heavy atom. The Morgan fingerprint density at radius 1 is 1.25 bits per heavy atom. The Morgan fingerprint density at radius 3 is 2.71 bits per heavy atom. The van der Waals surface area contributed by atoms with Gasteiger partial charge in [-0.15, -0.1) is 0 Å². The highest BCUT2D eigenvalue weighted by atomic mass is 32.2. The predicted octanol–water partition coefficient (Wildman–Crippen LogP) is 5.59. The van der Waals surface area contributed by atoms with Gasteiger partial charge in [-0.25, -0.2) is 4.98 Å². The molecule has 0 radical (unpaired) electrons.